The molecule has 5 nitrogen and oxygen atoms in total. The van der Waals surface area contributed by atoms with E-state index < -0.39 is 11.6 Å². The van der Waals surface area contributed by atoms with Gasteiger partial charge in [0.05, 0.1) is 6.10 Å². The summed E-state index contributed by atoms with van der Waals surface area (Å²) in [6.07, 6.45) is 2.68. The smallest absolute Gasteiger partial charge is 0.254 e. The van der Waals surface area contributed by atoms with E-state index in [-0.39, 0.29) is 18.1 Å². The lowest BCUT2D eigenvalue weighted by Crippen LogP contribution is -2.53. The molecular weight excluding hydrogens is 287 g/mol. The molecule has 0 aromatic heterocycles. The van der Waals surface area contributed by atoms with E-state index in [9.17, 15) is 19.4 Å². The van der Waals surface area contributed by atoms with Crippen molar-refractivity contribution in [3.8, 4) is 5.75 Å². The second-order valence-electron chi connectivity index (χ2n) is 6.06. The Kier molecular flexibility index (Phi) is 4.31. The number of phenolic OH excluding ortho intramolecular Hbond substituents is 1. The maximum Gasteiger partial charge on any atom is 0.254 e. The van der Waals surface area contributed by atoms with Crippen LogP contribution in [0.4, 0.5) is 4.39 Å². The molecule has 0 spiro atoms. The van der Waals surface area contributed by atoms with Gasteiger partial charge in [0.2, 0.25) is 0 Å². The topological polar surface area (TPSA) is 64.0 Å². The third-order valence-electron chi connectivity index (χ3n) is 4.71. The molecule has 2 atom stereocenters. The minimum absolute atomic E-state index is 0.193. The van der Waals surface area contributed by atoms with Crippen LogP contribution in [0.1, 0.15) is 29.6 Å². The van der Waals surface area contributed by atoms with Gasteiger partial charge in [0.1, 0.15) is 0 Å². The molecule has 1 heterocycles. The SMILES string of the molecule is O=C(c1ccc(F)c(O)c1)N1CCN(C2CCCC2O)CC1. The van der Waals surface area contributed by atoms with Gasteiger partial charge in [-0.2, -0.15) is 0 Å². The van der Waals surface area contributed by atoms with E-state index in [1.54, 1.807) is 4.90 Å². The van der Waals surface area contributed by atoms with Crippen molar-refractivity contribution in [3.63, 3.8) is 0 Å². The van der Waals surface area contributed by atoms with Crippen LogP contribution in [-0.4, -0.2) is 64.2 Å². The number of hydrogen-bond acceptors (Lipinski definition) is 4. The van der Waals surface area contributed by atoms with Crippen LogP contribution in [-0.2, 0) is 0 Å². The number of amides is 1. The molecule has 0 bridgehead atoms. The number of rotatable bonds is 2. The molecule has 2 unspecified atom stereocenters. The van der Waals surface area contributed by atoms with Crippen molar-refractivity contribution in [1.29, 1.82) is 0 Å². The van der Waals surface area contributed by atoms with E-state index in [0.29, 0.717) is 18.7 Å². The molecule has 1 aromatic carbocycles. The number of halogens is 1. The molecule has 3 rings (SSSR count). The van der Waals surface area contributed by atoms with E-state index in [1.807, 2.05) is 0 Å². The van der Waals surface area contributed by atoms with Gasteiger partial charge >= 0.3 is 0 Å². The first-order valence-corrected chi connectivity index (χ1v) is 7.76. The summed E-state index contributed by atoms with van der Waals surface area (Å²) in [5.74, 6) is -1.42. The highest BCUT2D eigenvalue weighted by Crippen LogP contribution is 2.25. The van der Waals surface area contributed by atoms with Gasteiger partial charge in [0.15, 0.2) is 11.6 Å². The fourth-order valence-electron chi connectivity index (χ4n) is 3.43. The van der Waals surface area contributed by atoms with E-state index in [0.717, 1.165) is 38.4 Å². The number of carbonyl (C=O) groups excluding carboxylic acids is 1. The van der Waals surface area contributed by atoms with E-state index in [2.05, 4.69) is 4.90 Å². The Morgan fingerprint density at radius 3 is 2.50 bits per heavy atom. The molecule has 22 heavy (non-hydrogen) atoms. The maximum atomic E-state index is 13.1. The summed E-state index contributed by atoms with van der Waals surface area (Å²) < 4.78 is 13.1. The third kappa shape index (κ3) is 2.94. The standard InChI is InChI=1S/C16H21FN2O3/c17-12-5-4-11(10-15(12)21)16(22)19-8-6-18(7-9-19)13-2-1-3-14(13)20/h4-5,10,13-14,20-21H,1-3,6-9H2. The second kappa shape index (κ2) is 6.22. The largest absolute Gasteiger partial charge is 0.505 e. The highest BCUT2D eigenvalue weighted by atomic mass is 19.1. The summed E-state index contributed by atoms with van der Waals surface area (Å²) in [4.78, 5) is 16.3. The summed E-state index contributed by atoms with van der Waals surface area (Å²) in [5.41, 5.74) is 0.299. The van der Waals surface area contributed by atoms with Crippen LogP contribution in [0.25, 0.3) is 0 Å². The van der Waals surface area contributed by atoms with E-state index in [4.69, 9.17) is 0 Å². The van der Waals surface area contributed by atoms with Crippen molar-refractivity contribution in [2.75, 3.05) is 26.2 Å². The summed E-state index contributed by atoms with van der Waals surface area (Å²) in [5, 5.41) is 19.3. The quantitative estimate of drug-likeness (QED) is 0.862. The Balaban J connectivity index is 1.61. The minimum atomic E-state index is -0.725. The zero-order valence-electron chi connectivity index (χ0n) is 12.4. The molecule has 1 aliphatic carbocycles. The first-order valence-electron chi connectivity index (χ1n) is 7.76. The van der Waals surface area contributed by atoms with Crippen molar-refractivity contribution < 1.29 is 19.4 Å². The van der Waals surface area contributed by atoms with Crippen LogP contribution in [0.15, 0.2) is 18.2 Å². The van der Waals surface area contributed by atoms with Crippen LogP contribution in [0.3, 0.4) is 0 Å². The number of benzene rings is 1. The van der Waals surface area contributed by atoms with Gasteiger partial charge in [-0.25, -0.2) is 4.39 Å². The van der Waals surface area contributed by atoms with Gasteiger partial charge in [0, 0.05) is 37.8 Å². The average molecular weight is 308 g/mol. The van der Waals surface area contributed by atoms with Crippen molar-refractivity contribution in [1.82, 2.24) is 9.80 Å². The van der Waals surface area contributed by atoms with Crippen LogP contribution in [0.5, 0.6) is 5.75 Å². The van der Waals surface area contributed by atoms with Crippen LogP contribution < -0.4 is 0 Å². The van der Waals surface area contributed by atoms with Gasteiger partial charge in [-0.3, -0.25) is 9.69 Å². The molecule has 1 amide bonds. The van der Waals surface area contributed by atoms with Crippen LogP contribution in [0.2, 0.25) is 0 Å². The lowest BCUT2D eigenvalue weighted by atomic mass is 10.1. The maximum absolute atomic E-state index is 13.1. The molecule has 120 valence electrons. The molecule has 2 N–H and O–H groups in total. The summed E-state index contributed by atoms with van der Waals surface area (Å²) in [6, 6.07) is 3.88. The number of aliphatic hydroxyl groups is 1. The predicted molar refractivity (Wildman–Crippen MR) is 79.2 cm³/mol. The average Bonchev–Trinajstić information content (AvgIpc) is 2.95. The second-order valence-corrected chi connectivity index (χ2v) is 6.06. The van der Waals surface area contributed by atoms with Crippen LogP contribution in [0, 0.1) is 5.82 Å². The molecule has 1 saturated carbocycles. The zero-order chi connectivity index (χ0) is 15.7. The Bertz CT molecular complexity index is 558. The number of hydrogen-bond donors (Lipinski definition) is 2. The predicted octanol–water partition coefficient (Wildman–Crippen LogP) is 1.20. The molecule has 6 heteroatoms. The minimum Gasteiger partial charge on any atom is -0.505 e. The summed E-state index contributed by atoms with van der Waals surface area (Å²) in [6.45, 7) is 2.64. The van der Waals surface area contributed by atoms with Gasteiger partial charge in [0.25, 0.3) is 5.91 Å². The lowest BCUT2D eigenvalue weighted by Gasteiger charge is -2.39. The number of phenols is 1. The first kappa shape index (κ1) is 15.2. The van der Waals surface area contributed by atoms with Gasteiger partial charge in [-0.15, -0.1) is 0 Å². The fourth-order valence-corrected chi connectivity index (χ4v) is 3.43. The van der Waals surface area contributed by atoms with Crippen molar-refractivity contribution >= 4 is 5.91 Å². The molecule has 2 aliphatic rings. The fraction of sp³-hybridized carbons (Fsp3) is 0.562. The summed E-state index contributed by atoms with van der Waals surface area (Å²) >= 11 is 0. The monoisotopic (exact) mass is 308 g/mol. The Morgan fingerprint density at radius 1 is 1.18 bits per heavy atom. The molecule has 1 aromatic rings. The molecule has 2 fully saturated rings. The highest BCUT2D eigenvalue weighted by Gasteiger charge is 2.33. The number of carbonyl (C=O) groups is 1. The Hall–Kier alpha value is -1.66. The zero-order valence-corrected chi connectivity index (χ0v) is 12.4. The number of nitrogens with zero attached hydrogens (tertiary/aromatic N) is 2. The number of piperazine rings is 1. The van der Waals surface area contributed by atoms with Crippen molar-refractivity contribution in [2.45, 2.75) is 31.4 Å². The van der Waals surface area contributed by atoms with Gasteiger partial charge < -0.3 is 15.1 Å². The number of aliphatic hydroxyl groups excluding tert-OH is 1. The van der Waals surface area contributed by atoms with E-state index >= 15 is 0 Å². The van der Waals surface area contributed by atoms with Crippen molar-refractivity contribution in [3.05, 3.63) is 29.6 Å². The first-order chi connectivity index (χ1) is 10.6. The summed E-state index contributed by atoms with van der Waals surface area (Å²) in [7, 11) is 0. The normalized spacial score (nSPS) is 26.4. The molecule has 0 radical (unpaired) electrons. The molecular formula is C16H21FN2O3. The van der Waals surface area contributed by atoms with Gasteiger partial charge in [-0.1, -0.05) is 0 Å². The van der Waals surface area contributed by atoms with E-state index in [1.165, 1.54) is 12.1 Å². The van der Waals surface area contributed by atoms with Gasteiger partial charge in [-0.05, 0) is 37.5 Å². The molecule has 1 saturated heterocycles. The highest BCUT2D eigenvalue weighted by molar-refractivity contribution is 5.94. The van der Waals surface area contributed by atoms with Crippen LogP contribution >= 0.6 is 0 Å². The number of aromatic hydroxyl groups is 1. The Morgan fingerprint density at radius 2 is 1.91 bits per heavy atom. The lowest BCUT2D eigenvalue weighted by molar-refractivity contribution is 0.0315. The Labute approximate surface area is 129 Å². The third-order valence-corrected chi connectivity index (χ3v) is 4.71. The van der Waals surface area contributed by atoms with Crippen molar-refractivity contribution in [2.24, 2.45) is 0 Å². The molecule has 1 aliphatic heterocycles.